The Balaban J connectivity index is 1.85. The monoisotopic (exact) mass is 304 g/mol. The minimum Gasteiger partial charge on any atom is -0.466 e. The summed E-state index contributed by atoms with van der Waals surface area (Å²) in [5.41, 5.74) is 2.67. The average molecular weight is 304 g/mol. The molecule has 1 unspecified atom stereocenters. The van der Waals surface area contributed by atoms with Gasteiger partial charge in [-0.2, -0.15) is 5.10 Å². The second kappa shape index (κ2) is 6.63. The van der Waals surface area contributed by atoms with E-state index in [-0.39, 0.29) is 11.9 Å². The first-order chi connectivity index (χ1) is 10.7. The average Bonchev–Trinajstić information content (AvgIpc) is 2.93. The van der Waals surface area contributed by atoms with E-state index in [0.717, 1.165) is 43.2 Å². The van der Waals surface area contributed by atoms with Crippen LogP contribution in [0.4, 0.5) is 0 Å². The van der Waals surface area contributed by atoms with Crippen LogP contribution >= 0.6 is 0 Å². The maximum Gasteiger partial charge on any atom is 0.309 e. The topological polar surface area (TPSA) is 61.2 Å². The molecule has 0 spiro atoms. The molecule has 0 aromatic carbocycles. The third-order valence-corrected chi connectivity index (χ3v) is 4.97. The summed E-state index contributed by atoms with van der Waals surface area (Å²) in [4.78, 5) is 23.6. The number of esters is 1. The molecule has 3 rings (SSSR count). The van der Waals surface area contributed by atoms with Gasteiger partial charge in [0.25, 0.3) is 0 Å². The van der Waals surface area contributed by atoms with Crippen LogP contribution in [0.15, 0.2) is 0 Å². The van der Waals surface area contributed by atoms with E-state index in [1.165, 1.54) is 19.3 Å². The second-order valence-corrected chi connectivity index (χ2v) is 6.36. The molecule has 1 saturated carbocycles. The lowest BCUT2D eigenvalue weighted by Gasteiger charge is -2.23. The van der Waals surface area contributed by atoms with Crippen LogP contribution in [0, 0.1) is 5.92 Å². The van der Waals surface area contributed by atoms with E-state index < -0.39 is 0 Å². The molecule has 0 radical (unpaired) electrons. The van der Waals surface area contributed by atoms with Crippen LogP contribution in [0.3, 0.4) is 0 Å². The first kappa shape index (κ1) is 15.3. The number of hydrogen-bond donors (Lipinski definition) is 0. The highest BCUT2D eigenvalue weighted by atomic mass is 16.5. The Hall–Kier alpha value is -1.65. The maximum absolute atomic E-state index is 12.0. The van der Waals surface area contributed by atoms with Crippen molar-refractivity contribution in [1.29, 1.82) is 0 Å². The molecule has 1 aromatic heterocycles. The molecule has 1 heterocycles. The quantitative estimate of drug-likeness (QED) is 0.634. The van der Waals surface area contributed by atoms with Gasteiger partial charge >= 0.3 is 5.97 Å². The van der Waals surface area contributed by atoms with Gasteiger partial charge in [-0.15, -0.1) is 0 Å². The Morgan fingerprint density at radius 1 is 1.32 bits per heavy atom. The minimum atomic E-state index is -0.143. The SMILES string of the molecule is CCOC(=O)C1CCc2nn(C3CCCCC3)c(C=O)c2C1. The summed E-state index contributed by atoms with van der Waals surface area (Å²) in [6.45, 7) is 2.23. The molecular weight excluding hydrogens is 280 g/mol. The number of aryl methyl sites for hydroxylation is 1. The zero-order valence-corrected chi connectivity index (χ0v) is 13.2. The molecule has 2 aliphatic carbocycles. The number of carbonyl (C=O) groups is 2. The van der Waals surface area contributed by atoms with Crippen molar-refractivity contribution in [1.82, 2.24) is 9.78 Å². The lowest BCUT2D eigenvalue weighted by molar-refractivity contribution is -0.148. The standard InChI is InChI=1S/C17H24N2O3/c1-2-22-17(21)12-8-9-15-14(10-12)16(11-20)19(18-15)13-6-4-3-5-7-13/h11-13H,2-10H2,1H3. The molecule has 0 bridgehead atoms. The van der Waals surface area contributed by atoms with Crippen molar-refractivity contribution in [2.24, 2.45) is 5.92 Å². The van der Waals surface area contributed by atoms with Crippen LogP contribution in [0.25, 0.3) is 0 Å². The summed E-state index contributed by atoms with van der Waals surface area (Å²) in [7, 11) is 0. The highest BCUT2D eigenvalue weighted by Crippen LogP contribution is 2.33. The first-order valence-electron chi connectivity index (χ1n) is 8.46. The maximum atomic E-state index is 12.0. The molecule has 1 atom stereocenters. The van der Waals surface area contributed by atoms with Crippen LogP contribution in [0.5, 0.6) is 0 Å². The van der Waals surface area contributed by atoms with Crippen molar-refractivity contribution in [2.75, 3.05) is 6.61 Å². The highest BCUT2D eigenvalue weighted by molar-refractivity contribution is 5.78. The molecule has 2 aliphatic rings. The minimum absolute atomic E-state index is 0.129. The number of hydrogen-bond acceptors (Lipinski definition) is 4. The molecule has 5 heteroatoms. The first-order valence-corrected chi connectivity index (χ1v) is 8.46. The van der Waals surface area contributed by atoms with Crippen molar-refractivity contribution < 1.29 is 14.3 Å². The highest BCUT2D eigenvalue weighted by Gasteiger charge is 2.32. The van der Waals surface area contributed by atoms with Crippen molar-refractivity contribution >= 4 is 12.3 Å². The molecule has 120 valence electrons. The number of ether oxygens (including phenoxy) is 1. The van der Waals surface area contributed by atoms with E-state index in [1.807, 2.05) is 11.6 Å². The Morgan fingerprint density at radius 2 is 2.09 bits per heavy atom. The van der Waals surface area contributed by atoms with Gasteiger partial charge in [0, 0.05) is 5.56 Å². The smallest absolute Gasteiger partial charge is 0.309 e. The Kier molecular flexibility index (Phi) is 4.60. The molecule has 1 fully saturated rings. The summed E-state index contributed by atoms with van der Waals surface area (Å²) in [6.07, 6.45) is 8.94. The van der Waals surface area contributed by atoms with Gasteiger partial charge in [0.2, 0.25) is 0 Å². The molecular formula is C17H24N2O3. The number of carbonyl (C=O) groups excluding carboxylic acids is 2. The Bertz CT molecular complexity index is 558. The van der Waals surface area contributed by atoms with Crippen LogP contribution in [0.1, 0.15) is 73.2 Å². The summed E-state index contributed by atoms with van der Waals surface area (Å²) < 4.78 is 7.09. The van der Waals surface area contributed by atoms with Crippen LogP contribution in [-0.2, 0) is 22.4 Å². The summed E-state index contributed by atoms with van der Waals surface area (Å²) in [5, 5.41) is 4.72. The predicted molar refractivity (Wildman–Crippen MR) is 81.9 cm³/mol. The second-order valence-electron chi connectivity index (χ2n) is 6.36. The van der Waals surface area contributed by atoms with Crippen LogP contribution in [-0.4, -0.2) is 28.6 Å². The normalized spacial score (nSPS) is 22.1. The van der Waals surface area contributed by atoms with Crippen LogP contribution in [0.2, 0.25) is 0 Å². The molecule has 0 saturated heterocycles. The number of rotatable bonds is 4. The van der Waals surface area contributed by atoms with Gasteiger partial charge in [0.1, 0.15) is 5.69 Å². The van der Waals surface area contributed by atoms with Crippen molar-refractivity contribution in [3.63, 3.8) is 0 Å². The van der Waals surface area contributed by atoms with Gasteiger partial charge in [-0.05, 0) is 39.0 Å². The zero-order valence-electron chi connectivity index (χ0n) is 13.2. The molecule has 22 heavy (non-hydrogen) atoms. The van der Waals surface area contributed by atoms with Crippen LogP contribution < -0.4 is 0 Å². The molecule has 1 aromatic rings. The van der Waals surface area contributed by atoms with Crippen molar-refractivity contribution in [2.45, 2.75) is 64.3 Å². The molecule has 0 N–H and O–H groups in total. The van der Waals surface area contributed by atoms with Crippen molar-refractivity contribution in [3.8, 4) is 0 Å². The number of fused-ring (bicyclic) bond motifs is 1. The Morgan fingerprint density at radius 3 is 2.77 bits per heavy atom. The van der Waals surface area contributed by atoms with E-state index >= 15 is 0 Å². The van der Waals surface area contributed by atoms with Gasteiger partial charge < -0.3 is 4.74 Å². The number of aldehydes is 1. The van der Waals surface area contributed by atoms with Gasteiger partial charge in [-0.3, -0.25) is 14.3 Å². The van der Waals surface area contributed by atoms with Crippen molar-refractivity contribution in [3.05, 3.63) is 17.0 Å². The predicted octanol–water partition coefficient (Wildman–Crippen LogP) is 2.87. The van der Waals surface area contributed by atoms with Gasteiger partial charge in [0.15, 0.2) is 6.29 Å². The molecule has 5 nitrogen and oxygen atoms in total. The van der Waals surface area contributed by atoms with E-state index in [1.54, 1.807) is 0 Å². The van der Waals surface area contributed by atoms with Gasteiger partial charge in [-0.25, -0.2) is 0 Å². The summed E-state index contributed by atoms with van der Waals surface area (Å²) in [5.74, 6) is -0.273. The summed E-state index contributed by atoms with van der Waals surface area (Å²) >= 11 is 0. The van der Waals surface area contributed by atoms with E-state index in [9.17, 15) is 9.59 Å². The largest absolute Gasteiger partial charge is 0.466 e. The fraction of sp³-hybridized carbons (Fsp3) is 0.706. The summed E-state index contributed by atoms with van der Waals surface area (Å²) in [6, 6.07) is 0.348. The Labute approximate surface area is 131 Å². The fourth-order valence-electron chi connectivity index (χ4n) is 3.80. The molecule has 0 amide bonds. The number of nitrogens with zero attached hydrogens (tertiary/aromatic N) is 2. The third kappa shape index (κ3) is 2.81. The van der Waals surface area contributed by atoms with E-state index in [0.29, 0.717) is 24.8 Å². The van der Waals surface area contributed by atoms with E-state index in [4.69, 9.17) is 9.84 Å². The van der Waals surface area contributed by atoms with Gasteiger partial charge in [-0.1, -0.05) is 19.3 Å². The fourth-order valence-corrected chi connectivity index (χ4v) is 3.80. The van der Waals surface area contributed by atoms with E-state index in [2.05, 4.69) is 0 Å². The third-order valence-electron chi connectivity index (χ3n) is 4.97. The van der Waals surface area contributed by atoms with Gasteiger partial charge in [0.05, 0.1) is 24.3 Å². The zero-order chi connectivity index (χ0) is 15.5. The lowest BCUT2D eigenvalue weighted by Crippen LogP contribution is -2.24. The molecule has 0 aliphatic heterocycles. The number of aromatic nitrogens is 2. The lowest BCUT2D eigenvalue weighted by atomic mass is 9.86.